The summed E-state index contributed by atoms with van der Waals surface area (Å²) in [6, 6.07) is 20.1. The minimum Gasteiger partial charge on any atom is -0.340 e. The smallest absolute Gasteiger partial charge is 0.315 e. The molecule has 2 aliphatic rings. The summed E-state index contributed by atoms with van der Waals surface area (Å²) in [5.74, 6) is -0.000660. The summed E-state index contributed by atoms with van der Waals surface area (Å²) in [5, 5.41) is 5.39. The number of likely N-dealkylation sites (tertiary alicyclic amines) is 1. The van der Waals surface area contributed by atoms with Crippen LogP contribution in [0.5, 0.6) is 0 Å². The fourth-order valence-corrected chi connectivity index (χ4v) is 4.22. The second-order valence-electron chi connectivity index (χ2n) is 7.08. The summed E-state index contributed by atoms with van der Waals surface area (Å²) in [6.45, 7) is 1.72. The highest BCUT2D eigenvalue weighted by Gasteiger charge is 2.42. The molecule has 1 unspecified atom stereocenters. The van der Waals surface area contributed by atoms with Crippen molar-refractivity contribution in [2.75, 3.05) is 19.6 Å². The molecule has 0 spiro atoms. The van der Waals surface area contributed by atoms with Crippen LogP contribution in [-0.2, 0) is 10.2 Å². The average molecular weight is 349 g/mol. The molecule has 2 N–H and O–H groups in total. The molecule has 5 heteroatoms. The standard InChI is InChI=1S/C21H23N3O2/c25-19(18-14-22-20(26)23-18)24-13-7-12-21(15-24,16-8-3-1-4-9-16)17-10-5-2-6-11-17/h1-6,8-11,18H,7,12-15H2,(H2,22,23,26). The van der Waals surface area contributed by atoms with Crippen LogP contribution >= 0.6 is 0 Å². The first-order chi connectivity index (χ1) is 12.7. The Kier molecular flexibility index (Phi) is 4.37. The SMILES string of the molecule is O=C1NCC(C(=O)N2CCCC(c3ccccc3)(c3ccccc3)C2)N1. The molecule has 134 valence electrons. The first-order valence-corrected chi connectivity index (χ1v) is 9.13. The van der Waals surface area contributed by atoms with Crippen molar-refractivity contribution in [1.82, 2.24) is 15.5 Å². The number of carbonyl (C=O) groups is 2. The summed E-state index contributed by atoms with van der Waals surface area (Å²) in [7, 11) is 0. The Morgan fingerprint density at radius 1 is 1.00 bits per heavy atom. The minimum atomic E-state index is -0.468. The van der Waals surface area contributed by atoms with Crippen LogP contribution in [0.25, 0.3) is 0 Å². The second-order valence-corrected chi connectivity index (χ2v) is 7.08. The largest absolute Gasteiger partial charge is 0.340 e. The van der Waals surface area contributed by atoms with E-state index in [2.05, 4.69) is 59.2 Å². The zero-order chi connectivity index (χ0) is 18.0. The number of urea groups is 1. The number of nitrogens with zero attached hydrogens (tertiary/aromatic N) is 1. The van der Waals surface area contributed by atoms with Gasteiger partial charge in [-0.15, -0.1) is 0 Å². The predicted molar refractivity (Wildman–Crippen MR) is 99.8 cm³/mol. The van der Waals surface area contributed by atoms with Gasteiger partial charge in [0.05, 0.1) is 0 Å². The molecule has 4 rings (SSSR count). The van der Waals surface area contributed by atoms with Gasteiger partial charge in [0.2, 0.25) is 5.91 Å². The van der Waals surface area contributed by atoms with Crippen molar-refractivity contribution < 1.29 is 9.59 Å². The summed E-state index contributed by atoms with van der Waals surface area (Å²) in [5.41, 5.74) is 2.25. The molecule has 0 aliphatic carbocycles. The van der Waals surface area contributed by atoms with Crippen molar-refractivity contribution >= 4 is 11.9 Å². The lowest BCUT2D eigenvalue weighted by molar-refractivity contribution is -0.134. The Morgan fingerprint density at radius 3 is 2.15 bits per heavy atom. The normalized spacial score (nSPS) is 21.8. The monoisotopic (exact) mass is 349 g/mol. The van der Waals surface area contributed by atoms with E-state index in [1.807, 2.05) is 17.0 Å². The van der Waals surface area contributed by atoms with Crippen molar-refractivity contribution in [3.63, 3.8) is 0 Å². The number of benzene rings is 2. The van der Waals surface area contributed by atoms with Crippen molar-refractivity contribution in [2.45, 2.75) is 24.3 Å². The number of rotatable bonds is 3. The van der Waals surface area contributed by atoms with E-state index in [1.54, 1.807) is 0 Å². The molecule has 2 saturated heterocycles. The zero-order valence-corrected chi connectivity index (χ0v) is 14.7. The lowest BCUT2D eigenvalue weighted by atomic mass is 9.69. The van der Waals surface area contributed by atoms with Crippen molar-refractivity contribution in [3.05, 3.63) is 71.8 Å². The molecule has 2 fully saturated rings. The third-order valence-electron chi connectivity index (χ3n) is 5.53. The Balaban J connectivity index is 1.68. The maximum Gasteiger partial charge on any atom is 0.315 e. The van der Waals surface area contributed by atoms with Crippen LogP contribution in [0.15, 0.2) is 60.7 Å². The molecule has 0 aromatic heterocycles. The maximum absolute atomic E-state index is 13.0. The minimum absolute atomic E-state index is 0.000660. The first kappa shape index (κ1) is 16.6. The van der Waals surface area contributed by atoms with E-state index >= 15 is 0 Å². The summed E-state index contributed by atoms with van der Waals surface area (Å²) >= 11 is 0. The molecule has 0 saturated carbocycles. The summed E-state index contributed by atoms with van der Waals surface area (Å²) in [6.07, 6.45) is 1.93. The van der Waals surface area contributed by atoms with Crippen LogP contribution in [0.3, 0.4) is 0 Å². The fourth-order valence-electron chi connectivity index (χ4n) is 4.22. The van der Waals surface area contributed by atoms with Gasteiger partial charge in [0.15, 0.2) is 0 Å². The van der Waals surface area contributed by atoms with Gasteiger partial charge in [-0.2, -0.15) is 0 Å². The van der Waals surface area contributed by atoms with Gasteiger partial charge in [0.25, 0.3) is 0 Å². The van der Waals surface area contributed by atoms with E-state index in [0.717, 1.165) is 19.4 Å². The van der Waals surface area contributed by atoms with Gasteiger partial charge in [-0.25, -0.2) is 4.79 Å². The Bertz CT molecular complexity index is 752. The van der Waals surface area contributed by atoms with E-state index < -0.39 is 6.04 Å². The van der Waals surface area contributed by atoms with Crippen LogP contribution in [0, 0.1) is 0 Å². The molecular weight excluding hydrogens is 326 g/mol. The van der Waals surface area contributed by atoms with Gasteiger partial charge in [0, 0.05) is 25.0 Å². The third-order valence-corrected chi connectivity index (χ3v) is 5.53. The predicted octanol–water partition coefficient (Wildman–Crippen LogP) is 2.28. The van der Waals surface area contributed by atoms with Gasteiger partial charge in [0.1, 0.15) is 6.04 Å². The van der Waals surface area contributed by atoms with Crippen LogP contribution in [-0.4, -0.2) is 42.5 Å². The Morgan fingerprint density at radius 2 is 1.62 bits per heavy atom. The van der Waals surface area contributed by atoms with E-state index in [0.29, 0.717) is 13.1 Å². The number of nitrogens with one attached hydrogen (secondary N) is 2. The quantitative estimate of drug-likeness (QED) is 0.893. The molecule has 5 nitrogen and oxygen atoms in total. The molecule has 2 aromatic rings. The number of carbonyl (C=O) groups excluding carboxylic acids is 2. The number of hydrogen-bond donors (Lipinski definition) is 2. The molecule has 3 amide bonds. The van der Waals surface area contributed by atoms with E-state index in [-0.39, 0.29) is 17.4 Å². The molecule has 2 aromatic carbocycles. The highest BCUT2D eigenvalue weighted by molar-refractivity contribution is 5.90. The Hall–Kier alpha value is -2.82. The highest BCUT2D eigenvalue weighted by atomic mass is 16.2. The lowest BCUT2D eigenvalue weighted by Crippen LogP contribution is -2.54. The van der Waals surface area contributed by atoms with Gasteiger partial charge in [-0.05, 0) is 24.0 Å². The average Bonchev–Trinajstić information content (AvgIpc) is 3.15. The second kappa shape index (κ2) is 6.83. The molecule has 1 atom stereocenters. The fraction of sp³-hybridized carbons (Fsp3) is 0.333. The van der Waals surface area contributed by atoms with Crippen LogP contribution < -0.4 is 10.6 Å². The number of amides is 3. The van der Waals surface area contributed by atoms with Crippen LogP contribution in [0.4, 0.5) is 4.79 Å². The lowest BCUT2D eigenvalue weighted by Gasteiger charge is -2.44. The summed E-state index contributed by atoms with van der Waals surface area (Å²) in [4.78, 5) is 26.3. The summed E-state index contributed by atoms with van der Waals surface area (Å²) < 4.78 is 0. The van der Waals surface area contributed by atoms with Crippen LogP contribution in [0.1, 0.15) is 24.0 Å². The van der Waals surface area contributed by atoms with Gasteiger partial charge in [-0.1, -0.05) is 60.7 Å². The molecule has 0 radical (unpaired) electrons. The van der Waals surface area contributed by atoms with Gasteiger partial charge in [-0.3, -0.25) is 4.79 Å². The zero-order valence-electron chi connectivity index (χ0n) is 14.7. The number of piperidine rings is 1. The first-order valence-electron chi connectivity index (χ1n) is 9.13. The molecular formula is C21H23N3O2. The molecule has 2 heterocycles. The number of hydrogen-bond acceptors (Lipinski definition) is 2. The van der Waals surface area contributed by atoms with E-state index in [1.165, 1.54) is 11.1 Å². The van der Waals surface area contributed by atoms with Gasteiger partial charge >= 0.3 is 6.03 Å². The van der Waals surface area contributed by atoms with Gasteiger partial charge < -0.3 is 15.5 Å². The highest BCUT2D eigenvalue weighted by Crippen LogP contribution is 2.40. The van der Waals surface area contributed by atoms with E-state index in [4.69, 9.17) is 0 Å². The third kappa shape index (κ3) is 2.94. The maximum atomic E-state index is 13.0. The van der Waals surface area contributed by atoms with Crippen molar-refractivity contribution in [1.29, 1.82) is 0 Å². The molecule has 0 bridgehead atoms. The molecule has 2 aliphatic heterocycles. The Labute approximate surface area is 153 Å². The topological polar surface area (TPSA) is 61.4 Å². The van der Waals surface area contributed by atoms with Crippen LogP contribution in [0.2, 0.25) is 0 Å². The van der Waals surface area contributed by atoms with Crippen molar-refractivity contribution in [2.24, 2.45) is 0 Å². The van der Waals surface area contributed by atoms with E-state index in [9.17, 15) is 9.59 Å². The van der Waals surface area contributed by atoms with Crippen molar-refractivity contribution in [3.8, 4) is 0 Å². The molecule has 26 heavy (non-hydrogen) atoms.